The Kier molecular flexibility index (Phi) is 5.69. The van der Waals surface area contributed by atoms with Crippen molar-refractivity contribution in [2.45, 2.75) is 45.1 Å². The maximum atomic E-state index is 12.5. The molecule has 1 amide bonds. The first-order valence-electron chi connectivity index (χ1n) is 7.07. The number of carbonyl (C=O) groups excluding carboxylic acids is 1. The highest BCUT2D eigenvalue weighted by Crippen LogP contribution is 2.38. The van der Waals surface area contributed by atoms with Crippen molar-refractivity contribution in [1.29, 1.82) is 0 Å². The summed E-state index contributed by atoms with van der Waals surface area (Å²) in [5.41, 5.74) is 6.71. The van der Waals surface area contributed by atoms with Crippen LogP contribution in [0.15, 0.2) is 6.20 Å². The van der Waals surface area contributed by atoms with E-state index in [1.54, 1.807) is 6.20 Å². The Morgan fingerprint density at radius 3 is 2.62 bits per heavy atom. The van der Waals surface area contributed by atoms with Crippen LogP contribution in [0.3, 0.4) is 0 Å². The molecule has 0 radical (unpaired) electrons. The van der Waals surface area contributed by atoms with Gasteiger partial charge in [-0.3, -0.25) is 4.79 Å². The average molecular weight is 335 g/mol. The summed E-state index contributed by atoms with van der Waals surface area (Å²) >= 11 is 0. The van der Waals surface area contributed by atoms with Gasteiger partial charge in [-0.1, -0.05) is 13.8 Å². The van der Waals surface area contributed by atoms with Crippen molar-refractivity contribution in [2.24, 2.45) is 11.1 Å². The number of likely N-dealkylation sites (tertiary alicyclic amines) is 1. The van der Waals surface area contributed by atoms with E-state index in [2.05, 4.69) is 23.8 Å². The lowest BCUT2D eigenvalue weighted by molar-refractivity contribution is 0.0528. The Labute approximate surface area is 137 Å². The Balaban J connectivity index is 0.00000110. The molecule has 0 aromatic carbocycles. The van der Waals surface area contributed by atoms with Gasteiger partial charge in [-0.15, -0.1) is 24.8 Å². The predicted molar refractivity (Wildman–Crippen MR) is 87.3 cm³/mol. The SMILES string of the molecule is CC1(C)CN(C(=O)c2cnc(C3CC3)[nH]2)CCC1N.Cl.Cl. The second-order valence-corrected chi connectivity index (χ2v) is 6.57. The predicted octanol–water partition coefficient (Wildman–Crippen LogP) is 2.33. The van der Waals surface area contributed by atoms with E-state index in [4.69, 9.17) is 5.73 Å². The third kappa shape index (κ3) is 3.71. The second kappa shape index (κ2) is 6.55. The van der Waals surface area contributed by atoms with E-state index in [0.717, 1.165) is 18.8 Å². The second-order valence-electron chi connectivity index (χ2n) is 6.57. The molecule has 1 unspecified atom stereocenters. The zero-order valence-corrected chi connectivity index (χ0v) is 14.1. The lowest BCUT2D eigenvalue weighted by atomic mass is 9.79. The van der Waals surface area contributed by atoms with Crippen LogP contribution < -0.4 is 5.73 Å². The van der Waals surface area contributed by atoms with Crippen molar-refractivity contribution in [3.63, 3.8) is 0 Å². The van der Waals surface area contributed by atoms with E-state index in [1.807, 2.05) is 4.90 Å². The van der Waals surface area contributed by atoms with Crippen LogP contribution in [-0.4, -0.2) is 39.9 Å². The molecule has 21 heavy (non-hydrogen) atoms. The number of carbonyl (C=O) groups is 1. The summed E-state index contributed by atoms with van der Waals surface area (Å²) < 4.78 is 0. The van der Waals surface area contributed by atoms with E-state index in [0.29, 0.717) is 18.2 Å². The number of rotatable bonds is 2. The minimum atomic E-state index is -0.0206. The van der Waals surface area contributed by atoms with Crippen molar-refractivity contribution in [3.8, 4) is 0 Å². The zero-order valence-electron chi connectivity index (χ0n) is 12.5. The summed E-state index contributed by atoms with van der Waals surface area (Å²) in [6, 6.07) is 0.167. The van der Waals surface area contributed by atoms with Crippen LogP contribution in [0, 0.1) is 5.41 Å². The van der Waals surface area contributed by atoms with Crippen LogP contribution in [0.5, 0.6) is 0 Å². The van der Waals surface area contributed by atoms with Gasteiger partial charge >= 0.3 is 0 Å². The van der Waals surface area contributed by atoms with Gasteiger partial charge in [0.25, 0.3) is 5.91 Å². The lowest BCUT2D eigenvalue weighted by Crippen LogP contribution is -2.54. The van der Waals surface area contributed by atoms with Gasteiger partial charge in [0.1, 0.15) is 11.5 Å². The van der Waals surface area contributed by atoms with E-state index in [1.165, 1.54) is 12.8 Å². The van der Waals surface area contributed by atoms with Gasteiger partial charge in [-0.05, 0) is 24.7 Å². The third-order valence-electron chi connectivity index (χ3n) is 4.39. The highest BCUT2D eigenvalue weighted by molar-refractivity contribution is 5.92. The Hall–Kier alpha value is -0.780. The van der Waals surface area contributed by atoms with Crippen molar-refractivity contribution < 1.29 is 4.79 Å². The molecule has 3 N–H and O–H groups in total. The molecule has 1 saturated carbocycles. The number of hydrogen-bond donors (Lipinski definition) is 2. The fraction of sp³-hybridized carbons (Fsp3) is 0.714. The first-order chi connectivity index (χ1) is 8.97. The molecule has 1 aliphatic heterocycles. The van der Waals surface area contributed by atoms with Gasteiger partial charge in [0.15, 0.2) is 0 Å². The molecule has 2 aliphatic rings. The molecule has 2 fully saturated rings. The maximum absolute atomic E-state index is 12.5. The number of amides is 1. The molecule has 5 nitrogen and oxygen atoms in total. The standard InChI is InChI=1S/C14H22N4O.2ClH/c1-14(2)8-18(6-5-11(14)15)13(19)10-7-16-12(17-10)9-3-4-9;;/h7,9,11H,3-6,8,15H2,1-2H3,(H,16,17);2*1H. The summed E-state index contributed by atoms with van der Waals surface area (Å²) in [5.74, 6) is 1.57. The molecule has 7 heteroatoms. The number of halogens is 2. The zero-order chi connectivity index (χ0) is 13.6. The van der Waals surface area contributed by atoms with Gasteiger partial charge < -0.3 is 15.6 Å². The molecule has 1 atom stereocenters. The molecular weight excluding hydrogens is 311 g/mol. The molecule has 1 aliphatic carbocycles. The molecule has 1 aromatic heterocycles. The number of imidazole rings is 1. The summed E-state index contributed by atoms with van der Waals surface area (Å²) in [7, 11) is 0. The first kappa shape index (κ1) is 18.3. The summed E-state index contributed by atoms with van der Waals surface area (Å²) in [6.07, 6.45) is 4.92. The van der Waals surface area contributed by atoms with E-state index in [9.17, 15) is 4.79 Å². The molecule has 1 aromatic rings. The average Bonchev–Trinajstić information content (AvgIpc) is 3.10. The van der Waals surface area contributed by atoms with Crippen LogP contribution in [-0.2, 0) is 0 Å². The molecular formula is C14H24Cl2N4O. The number of nitrogens with one attached hydrogen (secondary N) is 1. The number of hydrogen-bond acceptors (Lipinski definition) is 3. The van der Waals surface area contributed by atoms with Crippen molar-refractivity contribution in [1.82, 2.24) is 14.9 Å². The highest BCUT2D eigenvalue weighted by atomic mass is 35.5. The minimum absolute atomic E-state index is 0. The molecule has 1 saturated heterocycles. The molecule has 0 spiro atoms. The van der Waals surface area contributed by atoms with Crippen LogP contribution in [0.2, 0.25) is 0 Å². The summed E-state index contributed by atoms with van der Waals surface area (Å²) in [5, 5.41) is 0. The molecule has 3 rings (SSSR count). The van der Waals surface area contributed by atoms with Gasteiger partial charge in [0.05, 0.1) is 6.20 Å². The Morgan fingerprint density at radius 1 is 1.38 bits per heavy atom. The number of aromatic amines is 1. The van der Waals surface area contributed by atoms with Gasteiger partial charge in [-0.25, -0.2) is 4.98 Å². The van der Waals surface area contributed by atoms with Gasteiger partial charge in [0, 0.05) is 25.0 Å². The number of nitrogens with two attached hydrogens (primary N) is 1. The topological polar surface area (TPSA) is 75.0 Å². The van der Waals surface area contributed by atoms with Crippen molar-refractivity contribution in [2.75, 3.05) is 13.1 Å². The number of nitrogens with zero attached hydrogens (tertiary/aromatic N) is 2. The minimum Gasteiger partial charge on any atom is -0.338 e. The largest absolute Gasteiger partial charge is 0.338 e. The first-order valence-corrected chi connectivity index (χ1v) is 7.07. The Bertz CT molecular complexity index is 499. The van der Waals surface area contributed by atoms with Crippen LogP contribution in [0.4, 0.5) is 0 Å². The lowest BCUT2D eigenvalue weighted by Gasteiger charge is -2.42. The van der Waals surface area contributed by atoms with Gasteiger partial charge in [0.2, 0.25) is 0 Å². The Morgan fingerprint density at radius 2 is 2.05 bits per heavy atom. The maximum Gasteiger partial charge on any atom is 0.271 e. The van der Waals surface area contributed by atoms with Crippen LogP contribution in [0.25, 0.3) is 0 Å². The van der Waals surface area contributed by atoms with Crippen molar-refractivity contribution >= 4 is 30.7 Å². The van der Waals surface area contributed by atoms with Gasteiger partial charge in [-0.2, -0.15) is 0 Å². The van der Waals surface area contributed by atoms with Crippen LogP contribution in [0.1, 0.15) is 55.3 Å². The van der Waals surface area contributed by atoms with Crippen LogP contribution >= 0.6 is 24.8 Å². The fourth-order valence-electron chi connectivity index (χ4n) is 2.73. The van der Waals surface area contributed by atoms with E-state index in [-0.39, 0.29) is 42.2 Å². The number of aromatic nitrogens is 2. The molecule has 0 bridgehead atoms. The quantitative estimate of drug-likeness (QED) is 0.871. The number of piperidine rings is 1. The van der Waals surface area contributed by atoms with E-state index >= 15 is 0 Å². The highest BCUT2D eigenvalue weighted by Gasteiger charge is 2.36. The fourth-order valence-corrected chi connectivity index (χ4v) is 2.73. The third-order valence-corrected chi connectivity index (χ3v) is 4.39. The normalized spacial score (nSPS) is 24.0. The summed E-state index contributed by atoms with van der Waals surface area (Å²) in [6.45, 7) is 5.70. The van der Waals surface area contributed by atoms with E-state index < -0.39 is 0 Å². The smallest absolute Gasteiger partial charge is 0.271 e. The summed E-state index contributed by atoms with van der Waals surface area (Å²) in [4.78, 5) is 21.9. The van der Waals surface area contributed by atoms with Crippen molar-refractivity contribution in [3.05, 3.63) is 17.7 Å². The molecule has 120 valence electrons. The molecule has 2 heterocycles. The number of H-pyrrole nitrogens is 1. The monoisotopic (exact) mass is 334 g/mol.